The molecule has 0 spiro atoms. The maximum absolute atomic E-state index is 12.0. The van der Waals surface area contributed by atoms with Gasteiger partial charge in [0.1, 0.15) is 0 Å². The van der Waals surface area contributed by atoms with E-state index in [1.165, 1.54) is 17.4 Å². The van der Waals surface area contributed by atoms with Crippen LogP contribution in [0.1, 0.15) is 16.9 Å². The average molecular weight is 428 g/mol. The van der Waals surface area contributed by atoms with Crippen molar-refractivity contribution in [2.24, 2.45) is 0 Å². The molecule has 1 amide bonds. The molecular weight excluding hydrogens is 410 g/mol. The number of halogens is 1. The molecule has 2 rings (SSSR count). The maximum Gasteiger partial charge on any atom is 0.244 e. The first-order valence-electron chi connectivity index (χ1n) is 7.40. The Kier molecular flexibility index (Phi) is 7.20. The Balaban J connectivity index is 1.70. The molecule has 7 heteroatoms. The number of thiophene rings is 1. The summed E-state index contributed by atoms with van der Waals surface area (Å²) in [5.41, 5.74) is 0.784. The SMILES string of the molecule is O=C(/C=C/c1ccc(Br)s1)NCCCS(=O)(=O)Cc1ccccc1. The minimum atomic E-state index is -3.16. The van der Waals surface area contributed by atoms with Crippen LogP contribution in [0.4, 0.5) is 0 Å². The Bertz CT molecular complexity index is 798. The fourth-order valence-electron chi connectivity index (χ4n) is 2.04. The second-order valence-corrected chi connectivity index (χ2v) is 9.88. The van der Waals surface area contributed by atoms with Gasteiger partial charge in [0, 0.05) is 17.5 Å². The number of benzene rings is 1. The molecule has 0 aliphatic rings. The van der Waals surface area contributed by atoms with Crippen LogP contribution in [0.2, 0.25) is 0 Å². The summed E-state index contributed by atoms with van der Waals surface area (Å²) >= 11 is 4.89. The molecule has 1 heterocycles. The molecule has 0 aliphatic heterocycles. The van der Waals surface area contributed by atoms with Gasteiger partial charge in [-0.1, -0.05) is 30.3 Å². The van der Waals surface area contributed by atoms with E-state index in [0.717, 1.165) is 14.2 Å². The lowest BCUT2D eigenvalue weighted by Gasteiger charge is -2.05. The summed E-state index contributed by atoms with van der Waals surface area (Å²) in [6, 6.07) is 12.9. The first kappa shape index (κ1) is 18.9. The molecule has 1 aromatic heterocycles. The Morgan fingerprint density at radius 3 is 2.58 bits per heavy atom. The number of hydrogen-bond acceptors (Lipinski definition) is 4. The van der Waals surface area contributed by atoms with E-state index in [4.69, 9.17) is 0 Å². The first-order chi connectivity index (χ1) is 11.4. The molecule has 24 heavy (non-hydrogen) atoms. The highest BCUT2D eigenvalue weighted by molar-refractivity contribution is 9.11. The van der Waals surface area contributed by atoms with Crippen molar-refractivity contribution in [3.63, 3.8) is 0 Å². The molecule has 4 nitrogen and oxygen atoms in total. The van der Waals surface area contributed by atoms with Crippen molar-refractivity contribution < 1.29 is 13.2 Å². The number of rotatable bonds is 8. The van der Waals surface area contributed by atoms with E-state index in [9.17, 15) is 13.2 Å². The highest BCUT2D eigenvalue weighted by Crippen LogP contribution is 2.22. The largest absolute Gasteiger partial charge is 0.353 e. The molecule has 0 saturated heterocycles. The summed E-state index contributed by atoms with van der Waals surface area (Å²) in [6.45, 7) is 0.339. The molecule has 1 N–H and O–H groups in total. The van der Waals surface area contributed by atoms with E-state index in [2.05, 4.69) is 21.2 Å². The van der Waals surface area contributed by atoms with Crippen LogP contribution >= 0.6 is 27.3 Å². The Morgan fingerprint density at radius 2 is 1.92 bits per heavy atom. The van der Waals surface area contributed by atoms with Gasteiger partial charge < -0.3 is 5.32 Å². The van der Waals surface area contributed by atoms with Gasteiger partial charge in [0.25, 0.3) is 0 Å². The predicted octanol–water partition coefficient (Wildman–Crippen LogP) is 3.65. The van der Waals surface area contributed by atoms with Gasteiger partial charge in [-0.05, 0) is 46.1 Å². The summed E-state index contributed by atoms with van der Waals surface area (Å²) in [5.74, 6) is -0.126. The molecule has 0 bridgehead atoms. The number of carbonyl (C=O) groups is 1. The summed E-state index contributed by atoms with van der Waals surface area (Å²) in [4.78, 5) is 12.7. The molecular formula is C17H18BrNO3S2. The lowest BCUT2D eigenvalue weighted by molar-refractivity contribution is -0.116. The van der Waals surface area contributed by atoms with Gasteiger partial charge in [0.05, 0.1) is 15.3 Å². The summed E-state index contributed by atoms with van der Waals surface area (Å²) in [7, 11) is -3.16. The van der Waals surface area contributed by atoms with E-state index in [1.54, 1.807) is 18.2 Å². The normalized spacial score (nSPS) is 11.7. The lowest BCUT2D eigenvalue weighted by Crippen LogP contribution is -2.24. The van der Waals surface area contributed by atoms with E-state index >= 15 is 0 Å². The van der Waals surface area contributed by atoms with Crippen LogP contribution in [0.5, 0.6) is 0 Å². The average Bonchev–Trinajstić information content (AvgIpc) is 2.96. The zero-order valence-electron chi connectivity index (χ0n) is 12.9. The van der Waals surface area contributed by atoms with Crippen molar-refractivity contribution >= 4 is 49.1 Å². The van der Waals surface area contributed by atoms with E-state index in [-0.39, 0.29) is 17.4 Å². The Hall–Kier alpha value is -1.44. The highest BCUT2D eigenvalue weighted by Gasteiger charge is 2.11. The quantitative estimate of drug-likeness (QED) is 0.516. The van der Waals surface area contributed by atoms with Crippen LogP contribution in [-0.2, 0) is 20.4 Å². The van der Waals surface area contributed by atoms with Gasteiger partial charge in [-0.25, -0.2) is 8.42 Å². The van der Waals surface area contributed by atoms with Crippen molar-refractivity contribution in [3.8, 4) is 0 Å². The monoisotopic (exact) mass is 427 g/mol. The standard InChI is InChI=1S/C17H18BrNO3S2/c18-16-9-7-15(23-16)8-10-17(20)19-11-4-12-24(21,22)13-14-5-2-1-3-6-14/h1-3,5-10H,4,11-13H2,(H,19,20)/b10-8+. The number of hydrogen-bond donors (Lipinski definition) is 1. The highest BCUT2D eigenvalue weighted by atomic mass is 79.9. The van der Waals surface area contributed by atoms with Crippen LogP contribution in [0.3, 0.4) is 0 Å². The van der Waals surface area contributed by atoms with Crippen molar-refractivity contribution in [1.29, 1.82) is 0 Å². The minimum absolute atomic E-state index is 0.0367. The lowest BCUT2D eigenvalue weighted by atomic mass is 10.2. The Labute approximate surface area is 154 Å². The summed E-state index contributed by atoms with van der Waals surface area (Å²) in [6.07, 6.45) is 3.59. The van der Waals surface area contributed by atoms with Gasteiger partial charge in [-0.3, -0.25) is 4.79 Å². The fourth-order valence-corrected chi connectivity index (χ4v) is 4.79. The molecule has 0 fully saturated rings. The topological polar surface area (TPSA) is 63.2 Å². The third-order valence-corrected chi connectivity index (χ3v) is 6.43. The molecule has 0 unspecified atom stereocenters. The van der Waals surface area contributed by atoms with Gasteiger partial charge in [0.15, 0.2) is 9.84 Å². The maximum atomic E-state index is 12.0. The van der Waals surface area contributed by atoms with Crippen LogP contribution in [0.25, 0.3) is 6.08 Å². The van der Waals surface area contributed by atoms with E-state index < -0.39 is 9.84 Å². The zero-order valence-corrected chi connectivity index (χ0v) is 16.2. The van der Waals surface area contributed by atoms with Gasteiger partial charge >= 0.3 is 0 Å². The number of amides is 1. The van der Waals surface area contributed by atoms with Crippen LogP contribution < -0.4 is 5.32 Å². The fraction of sp³-hybridized carbons (Fsp3) is 0.235. The molecule has 128 valence electrons. The molecule has 0 atom stereocenters. The number of carbonyl (C=O) groups excluding carboxylic acids is 1. The number of nitrogens with one attached hydrogen (secondary N) is 1. The summed E-state index contributed by atoms with van der Waals surface area (Å²) < 4.78 is 25.1. The van der Waals surface area contributed by atoms with Crippen molar-refractivity contribution in [3.05, 3.63) is 62.8 Å². The smallest absolute Gasteiger partial charge is 0.244 e. The predicted molar refractivity (Wildman–Crippen MR) is 103 cm³/mol. The molecule has 1 aromatic carbocycles. The second-order valence-electron chi connectivity index (χ2n) is 5.20. The van der Waals surface area contributed by atoms with E-state index in [1.807, 2.05) is 30.3 Å². The van der Waals surface area contributed by atoms with Crippen molar-refractivity contribution in [1.82, 2.24) is 5.32 Å². The second kappa shape index (κ2) is 9.15. The zero-order chi connectivity index (χ0) is 17.4. The van der Waals surface area contributed by atoms with Crippen molar-refractivity contribution in [2.45, 2.75) is 12.2 Å². The molecule has 2 aromatic rings. The first-order valence-corrected chi connectivity index (χ1v) is 10.8. The van der Waals surface area contributed by atoms with E-state index in [0.29, 0.717) is 13.0 Å². The Morgan fingerprint density at radius 1 is 1.17 bits per heavy atom. The van der Waals surface area contributed by atoms with Gasteiger partial charge in [0.2, 0.25) is 5.91 Å². The molecule has 0 radical (unpaired) electrons. The number of sulfone groups is 1. The third kappa shape index (κ3) is 6.98. The third-order valence-electron chi connectivity index (χ3n) is 3.15. The molecule has 0 saturated carbocycles. The minimum Gasteiger partial charge on any atom is -0.353 e. The van der Waals surface area contributed by atoms with Gasteiger partial charge in [-0.15, -0.1) is 11.3 Å². The summed E-state index contributed by atoms with van der Waals surface area (Å²) in [5, 5.41) is 2.70. The van der Waals surface area contributed by atoms with Crippen LogP contribution in [0, 0.1) is 0 Å². The molecule has 0 aliphatic carbocycles. The van der Waals surface area contributed by atoms with Crippen molar-refractivity contribution in [2.75, 3.05) is 12.3 Å². The van der Waals surface area contributed by atoms with Crippen LogP contribution in [0.15, 0.2) is 52.3 Å². The van der Waals surface area contributed by atoms with Crippen LogP contribution in [-0.4, -0.2) is 26.6 Å². The van der Waals surface area contributed by atoms with Gasteiger partial charge in [-0.2, -0.15) is 0 Å².